The molecule has 0 saturated carbocycles. The third-order valence-corrected chi connectivity index (χ3v) is 5.84. The Hall–Kier alpha value is -1.31. The highest BCUT2D eigenvalue weighted by molar-refractivity contribution is 14.1. The molecule has 2 heterocycles. The Labute approximate surface area is 169 Å². The van der Waals surface area contributed by atoms with Crippen LogP contribution in [0.5, 0.6) is 0 Å². The predicted molar refractivity (Wildman–Crippen MR) is 111 cm³/mol. The maximum atomic E-state index is 12.7. The van der Waals surface area contributed by atoms with E-state index in [0.717, 1.165) is 9.13 Å². The van der Waals surface area contributed by atoms with Gasteiger partial charge in [-0.25, -0.2) is 4.98 Å². The molecule has 1 amide bonds. The summed E-state index contributed by atoms with van der Waals surface area (Å²) in [4.78, 5) is 17.2. The Morgan fingerprint density at radius 2 is 1.88 bits per heavy atom. The minimum absolute atomic E-state index is 0.115. The van der Waals surface area contributed by atoms with Crippen molar-refractivity contribution in [3.8, 4) is 0 Å². The van der Waals surface area contributed by atoms with Crippen LogP contribution in [0.2, 0.25) is 10.0 Å². The minimum atomic E-state index is -0.184. The summed E-state index contributed by atoms with van der Waals surface area (Å²) in [7, 11) is 1.80. The van der Waals surface area contributed by atoms with Gasteiger partial charge in [0.1, 0.15) is 11.3 Å². The first-order chi connectivity index (χ1) is 11.8. The Morgan fingerprint density at radius 3 is 2.52 bits per heavy atom. The van der Waals surface area contributed by atoms with Crippen LogP contribution in [0.3, 0.4) is 0 Å². The van der Waals surface area contributed by atoms with Crippen LogP contribution in [0.15, 0.2) is 30.3 Å². The molecule has 3 rings (SSSR count). The summed E-state index contributed by atoms with van der Waals surface area (Å²) in [6, 6.07) is 9.67. The van der Waals surface area contributed by atoms with Gasteiger partial charge in [-0.05, 0) is 60.2 Å². The molecule has 0 bridgehead atoms. The molecule has 0 spiro atoms. The number of nitrogens with one attached hydrogen (secondary N) is 1. The lowest BCUT2D eigenvalue weighted by Crippen LogP contribution is -2.28. The van der Waals surface area contributed by atoms with Gasteiger partial charge < -0.3 is 9.88 Å². The molecule has 7 heteroatoms. The van der Waals surface area contributed by atoms with Crippen LogP contribution >= 0.6 is 45.8 Å². The Balaban J connectivity index is 1.93. The Kier molecular flexibility index (Phi) is 5.27. The van der Waals surface area contributed by atoms with E-state index in [2.05, 4.69) is 32.9 Å². The fourth-order valence-electron chi connectivity index (χ4n) is 2.70. The standard InChI is InChI=1S/C18H16Cl2IN3O/c1-9(11-4-6-12(21)7-5-11)23-18(25)14-8-13-16(20)15(19)10(2)22-17(13)24(14)3/h4-9H,1-3H3,(H,23,25)/t9-/m1/s1. The summed E-state index contributed by atoms with van der Waals surface area (Å²) in [5, 5.41) is 4.53. The number of halogens is 3. The van der Waals surface area contributed by atoms with Gasteiger partial charge in [0.05, 0.1) is 21.8 Å². The van der Waals surface area contributed by atoms with Crippen LogP contribution in [-0.2, 0) is 7.05 Å². The number of carbonyl (C=O) groups excluding carboxylic acids is 1. The van der Waals surface area contributed by atoms with E-state index >= 15 is 0 Å². The number of benzene rings is 1. The van der Waals surface area contributed by atoms with Crippen molar-refractivity contribution in [3.05, 3.63) is 60.9 Å². The summed E-state index contributed by atoms with van der Waals surface area (Å²) >= 11 is 14.7. The third kappa shape index (κ3) is 3.50. The van der Waals surface area contributed by atoms with Crippen LogP contribution in [0.1, 0.15) is 34.7 Å². The van der Waals surface area contributed by atoms with Gasteiger partial charge in [0.25, 0.3) is 5.91 Å². The molecule has 0 unspecified atom stereocenters. The predicted octanol–water partition coefficient (Wildman–Crippen LogP) is 5.28. The van der Waals surface area contributed by atoms with Gasteiger partial charge in [-0.1, -0.05) is 35.3 Å². The molecule has 4 nitrogen and oxygen atoms in total. The summed E-state index contributed by atoms with van der Waals surface area (Å²) in [5.74, 6) is -0.184. The largest absolute Gasteiger partial charge is 0.344 e. The molecule has 0 radical (unpaired) electrons. The Morgan fingerprint density at radius 1 is 1.24 bits per heavy atom. The van der Waals surface area contributed by atoms with E-state index in [-0.39, 0.29) is 11.9 Å². The summed E-state index contributed by atoms with van der Waals surface area (Å²) in [6.07, 6.45) is 0. The molecule has 2 aromatic heterocycles. The lowest BCUT2D eigenvalue weighted by Gasteiger charge is -2.14. The number of fused-ring (bicyclic) bond motifs is 1. The normalized spacial score (nSPS) is 12.4. The van der Waals surface area contributed by atoms with E-state index in [4.69, 9.17) is 23.2 Å². The molecule has 3 aromatic rings. The van der Waals surface area contributed by atoms with E-state index < -0.39 is 0 Å². The second kappa shape index (κ2) is 7.13. The number of rotatable bonds is 3. The van der Waals surface area contributed by atoms with Crippen molar-refractivity contribution in [2.24, 2.45) is 7.05 Å². The molecule has 0 aliphatic rings. The zero-order valence-electron chi connectivity index (χ0n) is 13.9. The number of aryl methyl sites for hydroxylation is 2. The minimum Gasteiger partial charge on any atom is -0.344 e. The first-order valence-electron chi connectivity index (χ1n) is 7.67. The monoisotopic (exact) mass is 487 g/mol. The lowest BCUT2D eigenvalue weighted by molar-refractivity contribution is 0.0932. The maximum absolute atomic E-state index is 12.7. The number of pyridine rings is 1. The average molecular weight is 488 g/mol. The van der Waals surface area contributed by atoms with Gasteiger partial charge in [-0.3, -0.25) is 4.79 Å². The molecule has 0 aliphatic carbocycles. The highest BCUT2D eigenvalue weighted by Crippen LogP contribution is 2.33. The lowest BCUT2D eigenvalue weighted by atomic mass is 10.1. The van der Waals surface area contributed by atoms with Gasteiger partial charge in [0.2, 0.25) is 0 Å². The number of aromatic nitrogens is 2. The molecule has 1 atom stereocenters. The molecule has 1 N–H and O–H groups in total. The van der Waals surface area contributed by atoms with Gasteiger partial charge in [0, 0.05) is 16.0 Å². The SMILES string of the molecule is Cc1nc2c(cc(C(=O)N[C@H](C)c3ccc(I)cc3)n2C)c(Cl)c1Cl. The fraction of sp³-hybridized carbons (Fsp3) is 0.222. The smallest absolute Gasteiger partial charge is 0.268 e. The van der Waals surface area contributed by atoms with Gasteiger partial charge in [-0.2, -0.15) is 0 Å². The first-order valence-corrected chi connectivity index (χ1v) is 9.50. The van der Waals surface area contributed by atoms with Crippen molar-refractivity contribution < 1.29 is 4.79 Å². The maximum Gasteiger partial charge on any atom is 0.268 e. The van der Waals surface area contributed by atoms with E-state index in [1.54, 1.807) is 24.6 Å². The molecule has 25 heavy (non-hydrogen) atoms. The van der Waals surface area contributed by atoms with Gasteiger partial charge >= 0.3 is 0 Å². The highest BCUT2D eigenvalue weighted by atomic mass is 127. The van der Waals surface area contributed by atoms with E-state index in [1.165, 1.54) is 0 Å². The molecule has 130 valence electrons. The van der Waals surface area contributed by atoms with E-state index in [9.17, 15) is 4.79 Å². The summed E-state index contributed by atoms with van der Waals surface area (Å²) in [5.41, 5.74) is 2.81. The molecule has 1 aromatic carbocycles. The second-order valence-corrected chi connectivity index (χ2v) is 7.90. The van der Waals surface area contributed by atoms with Crippen molar-refractivity contribution in [1.29, 1.82) is 0 Å². The molecule has 0 fully saturated rings. The number of nitrogens with zero attached hydrogens (tertiary/aromatic N) is 2. The van der Waals surface area contributed by atoms with Crippen LogP contribution in [-0.4, -0.2) is 15.5 Å². The number of hydrogen-bond acceptors (Lipinski definition) is 2. The summed E-state index contributed by atoms with van der Waals surface area (Å²) < 4.78 is 2.89. The molecular weight excluding hydrogens is 472 g/mol. The number of amides is 1. The third-order valence-electron chi connectivity index (χ3n) is 4.17. The van der Waals surface area contributed by atoms with Gasteiger partial charge in [-0.15, -0.1) is 0 Å². The van der Waals surface area contributed by atoms with Crippen LogP contribution < -0.4 is 5.32 Å². The molecule has 0 aliphatic heterocycles. The van der Waals surface area contributed by atoms with Crippen LogP contribution in [0, 0.1) is 10.5 Å². The second-order valence-electron chi connectivity index (χ2n) is 5.90. The van der Waals surface area contributed by atoms with E-state index in [1.807, 2.05) is 31.2 Å². The average Bonchev–Trinajstić information content (AvgIpc) is 2.90. The van der Waals surface area contributed by atoms with Crippen LogP contribution in [0.25, 0.3) is 11.0 Å². The van der Waals surface area contributed by atoms with Crippen molar-refractivity contribution in [2.75, 3.05) is 0 Å². The van der Waals surface area contributed by atoms with E-state index in [0.29, 0.717) is 32.5 Å². The van der Waals surface area contributed by atoms with Crippen LogP contribution in [0.4, 0.5) is 0 Å². The number of carbonyl (C=O) groups is 1. The van der Waals surface area contributed by atoms with Crippen molar-refractivity contribution >= 4 is 62.7 Å². The van der Waals surface area contributed by atoms with Crippen molar-refractivity contribution in [2.45, 2.75) is 19.9 Å². The fourth-order valence-corrected chi connectivity index (χ4v) is 3.48. The van der Waals surface area contributed by atoms with Crippen molar-refractivity contribution in [3.63, 3.8) is 0 Å². The number of hydrogen-bond donors (Lipinski definition) is 1. The highest BCUT2D eigenvalue weighted by Gasteiger charge is 2.20. The first kappa shape index (κ1) is 18.5. The zero-order valence-corrected chi connectivity index (χ0v) is 17.6. The Bertz CT molecular complexity index is 967. The topological polar surface area (TPSA) is 46.9 Å². The quantitative estimate of drug-likeness (QED) is 0.510. The zero-order chi connectivity index (χ0) is 18.3. The summed E-state index contributed by atoms with van der Waals surface area (Å²) in [6.45, 7) is 3.74. The molecular formula is C18H16Cl2IN3O. The van der Waals surface area contributed by atoms with Gasteiger partial charge in [0.15, 0.2) is 0 Å². The molecule has 0 saturated heterocycles. The van der Waals surface area contributed by atoms with Crippen molar-refractivity contribution in [1.82, 2.24) is 14.9 Å².